The van der Waals surface area contributed by atoms with Gasteiger partial charge in [0.1, 0.15) is 0 Å². The molecule has 1 N–H and O–H groups in total. The van der Waals surface area contributed by atoms with Crippen molar-refractivity contribution in [3.8, 4) is 0 Å². The van der Waals surface area contributed by atoms with Crippen LogP contribution in [0, 0.1) is 0 Å². The van der Waals surface area contributed by atoms with E-state index in [2.05, 4.69) is 9.88 Å². The molecular weight excluding hydrogens is 218 g/mol. The minimum atomic E-state index is -0.840. The highest BCUT2D eigenvalue weighted by Crippen LogP contribution is 2.21. The number of aromatic nitrogens is 1. The molecule has 92 valence electrons. The summed E-state index contributed by atoms with van der Waals surface area (Å²) in [7, 11) is 1.65. The summed E-state index contributed by atoms with van der Waals surface area (Å²) in [5.41, 5.74) is 1.16. The first-order valence-electron chi connectivity index (χ1n) is 5.79. The second-order valence-electron chi connectivity index (χ2n) is 4.32. The number of piperidine rings is 1. The highest BCUT2D eigenvalue weighted by atomic mass is 16.4. The zero-order valence-corrected chi connectivity index (χ0v) is 9.91. The molecule has 0 aliphatic carbocycles. The van der Waals surface area contributed by atoms with Gasteiger partial charge in [-0.15, -0.1) is 0 Å². The first-order chi connectivity index (χ1) is 8.18. The van der Waals surface area contributed by atoms with E-state index in [1.54, 1.807) is 19.4 Å². The van der Waals surface area contributed by atoms with Crippen LogP contribution in [0.1, 0.15) is 12.8 Å². The standard InChI is InChI=1S/C12H17N3O2/c1-14(12(16)17)10-4-8-15(9-5-10)11-2-6-13-7-3-11/h2-3,6-7,10H,4-5,8-9H2,1H3,(H,16,17). The Morgan fingerprint density at radius 1 is 1.41 bits per heavy atom. The summed E-state index contributed by atoms with van der Waals surface area (Å²) in [5.74, 6) is 0. The largest absolute Gasteiger partial charge is 0.465 e. The minimum Gasteiger partial charge on any atom is -0.465 e. The lowest BCUT2D eigenvalue weighted by atomic mass is 10.0. The lowest BCUT2D eigenvalue weighted by Crippen LogP contribution is -2.45. The Hall–Kier alpha value is -1.78. The number of hydrogen-bond donors (Lipinski definition) is 1. The Morgan fingerprint density at radius 3 is 2.53 bits per heavy atom. The van der Waals surface area contributed by atoms with Crippen LogP contribution in [0.3, 0.4) is 0 Å². The van der Waals surface area contributed by atoms with Crippen molar-refractivity contribution >= 4 is 11.8 Å². The molecule has 1 fully saturated rings. The second-order valence-corrected chi connectivity index (χ2v) is 4.32. The highest BCUT2D eigenvalue weighted by molar-refractivity contribution is 5.65. The molecule has 0 atom stereocenters. The summed E-state index contributed by atoms with van der Waals surface area (Å²) < 4.78 is 0. The van der Waals surface area contributed by atoms with Crippen molar-refractivity contribution in [2.75, 3.05) is 25.0 Å². The van der Waals surface area contributed by atoms with Gasteiger partial charge in [-0.3, -0.25) is 4.98 Å². The molecule has 0 bridgehead atoms. The zero-order valence-electron chi connectivity index (χ0n) is 9.91. The van der Waals surface area contributed by atoms with Crippen molar-refractivity contribution in [1.82, 2.24) is 9.88 Å². The van der Waals surface area contributed by atoms with Crippen molar-refractivity contribution in [1.29, 1.82) is 0 Å². The summed E-state index contributed by atoms with van der Waals surface area (Å²) >= 11 is 0. The summed E-state index contributed by atoms with van der Waals surface area (Å²) in [6.45, 7) is 1.79. The number of carboxylic acid groups (broad SMARTS) is 1. The smallest absolute Gasteiger partial charge is 0.407 e. The number of carbonyl (C=O) groups is 1. The molecule has 1 aromatic rings. The highest BCUT2D eigenvalue weighted by Gasteiger charge is 2.24. The van der Waals surface area contributed by atoms with Crippen LogP contribution in [0.4, 0.5) is 10.5 Å². The molecule has 2 rings (SSSR count). The minimum absolute atomic E-state index is 0.144. The van der Waals surface area contributed by atoms with Gasteiger partial charge in [-0.2, -0.15) is 0 Å². The molecule has 0 aromatic carbocycles. The number of amides is 1. The first-order valence-corrected chi connectivity index (χ1v) is 5.79. The summed E-state index contributed by atoms with van der Waals surface area (Å²) in [5, 5.41) is 8.92. The topological polar surface area (TPSA) is 56.7 Å². The van der Waals surface area contributed by atoms with Crippen molar-refractivity contribution in [3.63, 3.8) is 0 Å². The van der Waals surface area contributed by atoms with Gasteiger partial charge < -0.3 is 14.9 Å². The molecule has 5 heteroatoms. The molecule has 0 spiro atoms. The molecule has 1 aliphatic heterocycles. The molecule has 5 nitrogen and oxygen atoms in total. The van der Waals surface area contributed by atoms with Gasteiger partial charge in [0, 0.05) is 44.3 Å². The number of hydrogen-bond acceptors (Lipinski definition) is 3. The van der Waals surface area contributed by atoms with Crippen LogP contribution < -0.4 is 4.90 Å². The van der Waals surface area contributed by atoms with E-state index < -0.39 is 6.09 Å². The van der Waals surface area contributed by atoms with E-state index in [4.69, 9.17) is 5.11 Å². The fourth-order valence-electron chi connectivity index (χ4n) is 2.22. The maximum Gasteiger partial charge on any atom is 0.407 e. The van der Waals surface area contributed by atoms with E-state index >= 15 is 0 Å². The lowest BCUT2D eigenvalue weighted by Gasteiger charge is -2.36. The van der Waals surface area contributed by atoms with E-state index in [0.717, 1.165) is 31.6 Å². The predicted octanol–water partition coefficient (Wildman–Crippen LogP) is 1.66. The van der Waals surface area contributed by atoms with Gasteiger partial charge in [-0.05, 0) is 25.0 Å². The molecule has 1 aliphatic rings. The maximum absolute atomic E-state index is 10.9. The molecule has 0 radical (unpaired) electrons. The fraction of sp³-hybridized carbons (Fsp3) is 0.500. The molecule has 2 heterocycles. The van der Waals surface area contributed by atoms with Gasteiger partial charge in [0.15, 0.2) is 0 Å². The third-order valence-electron chi connectivity index (χ3n) is 3.34. The zero-order chi connectivity index (χ0) is 12.3. The quantitative estimate of drug-likeness (QED) is 0.847. The average Bonchev–Trinajstić information content (AvgIpc) is 2.39. The van der Waals surface area contributed by atoms with Crippen LogP contribution in [-0.4, -0.2) is 47.3 Å². The Balaban J connectivity index is 1.93. The van der Waals surface area contributed by atoms with Crippen LogP contribution in [0.25, 0.3) is 0 Å². The number of pyridine rings is 1. The van der Waals surface area contributed by atoms with Crippen LogP contribution in [0.5, 0.6) is 0 Å². The second kappa shape index (κ2) is 5.03. The van der Waals surface area contributed by atoms with E-state index in [1.165, 1.54) is 4.90 Å². The van der Waals surface area contributed by atoms with E-state index in [-0.39, 0.29) is 6.04 Å². The summed E-state index contributed by atoms with van der Waals surface area (Å²) in [4.78, 5) is 18.5. The summed E-state index contributed by atoms with van der Waals surface area (Å²) in [6, 6.07) is 4.12. The van der Waals surface area contributed by atoms with Crippen LogP contribution in [-0.2, 0) is 0 Å². The van der Waals surface area contributed by atoms with Gasteiger partial charge in [-0.25, -0.2) is 4.79 Å². The lowest BCUT2D eigenvalue weighted by molar-refractivity contribution is 0.131. The van der Waals surface area contributed by atoms with Crippen LogP contribution >= 0.6 is 0 Å². The normalized spacial score (nSPS) is 16.9. The van der Waals surface area contributed by atoms with Gasteiger partial charge in [0.25, 0.3) is 0 Å². The van der Waals surface area contributed by atoms with Crippen molar-refractivity contribution in [3.05, 3.63) is 24.5 Å². The van der Waals surface area contributed by atoms with Gasteiger partial charge in [-0.1, -0.05) is 0 Å². The van der Waals surface area contributed by atoms with Crippen LogP contribution in [0.15, 0.2) is 24.5 Å². The predicted molar refractivity (Wildman–Crippen MR) is 65.3 cm³/mol. The number of anilines is 1. The van der Waals surface area contributed by atoms with E-state index in [9.17, 15) is 4.79 Å². The van der Waals surface area contributed by atoms with E-state index in [0.29, 0.717) is 0 Å². The Morgan fingerprint density at radius 2 is 2.00 bits per heavy atom. The third-order valence-corrected chi connectivity index (χ3v) is 3.34. The van der Waals surface area contributed by atoms with Gasteiger partial charge in [0.2, 0.25) is 0 Å². The Bertz CT molecular complexity index is 375. The molecule has 1 amide bonds. The monoisotopic (exact) mass is 235 g/mol. The third kappa shape index (κ3) is 2.67. The molecule has 1 aromatic heterocycles. The first kappa shape index (κ1) is 11.7. The van der Waals surface area contributed by atoms with Crippen molar-refractivity contribution < 1.29 is 9.90 Å². The Labute approximate surface area is 101 Å². The molecule has 0 unspecified atom stereocenters. The molecule has 1 saturated heterocycles. The number of nitrogens with zero attached hydrogens (tertiary/aromatic N) is 3. The molecule has 0 saturated carbocycles. The van der Waals surface area contributed by atoms with Gasteiger partial charge in [0.05, 0.1) is 0 Å². The molecule has 17 heavy (non-hydrogen) atoms. The van der Waals surface area contributed by atoms with Crippen LogP contribution in [0.2, 0.25) is 0 Å². The average molecular weight is 235 g/mol. The number of rotatable bonds is 2. The fourth-order valence-corrected chi connectivity index (χ4v) is 2.22. The molecular formula is C12H17N3O2. The van der Waals surface area contributed by atoms with Crippen molar-refractivity contribution in [2.45, 2.75) is 18.9 Å². The SMILES string of the molecule is CN(C(=O)O)C1CCN(c2ccncc2)CC1. The Kier molecular flexibility index (Phi) is 3.46. The van der Waals surface area contributed by atoms with E-state index in [1.807, 2.05) is 12.1 Å². The maximum atomic E-state index is 10.9. The van der Waals surface area contributed by atoms with Crippen molar-refractivity contribution in [2.24, 2.45) is 0 Å². The van der Waals surface area contributed by atoms with Gasteiger partial charge >= 0.3 is 6.09 Å². The summed E-state index contributed by atoms with van der Waals surface area (Å²) in [6.07, 6.45) is 4.48.